The second-order valence-corrected chi connectivity index (χ2v) is 3.69. The molecule has 1 heterocycles. The van der Waals surface area contributed by atoms with Crippen LogP contribution in [0.2, 0.25) is 0 Å². The predicted octanol–water partition coefficient (Wildman–Crippen LogP) is 1.54. The van der Waals surface area contributed by atoms with Crippen LogP contribution >= 0.6 is 0 Å². The fraction of sp³-hybridized carbons (Fsp3) is 0.182. The van der Waals surface area contributed by atoms with E-state index in [1.165, 1.54) is 25.1 Å². The van der Waals surface area contributed by atoms with Crippen molar-refractivity contribution in [3.8, 4) is 0 Å². The molecule has 0 saturated carbocycles. The molecule has 17 heavy (non-hydrogen) atoms. The normalized spacial score (nSPS) is 12.6. The summed E-state index contributed by atoms with van der Waals surface area (Å²) in [7, 11) is 0. The molecule has 2 aromatic rings. The van der Waals surface area contributed by atoms with Crippen LogP contribution in [0, 0.1) is 5.82 Å². The van der Waals surface area contributed by atoms with Crippen molar-refractivity contribution in [2.45, 2.75) is 12.8 Å². The number of carboxylic acid groups (broad SMARTS) is 1. The molecule has 0 bridgehead atoms. The van der Waals surface area contributed by atoms with Gasteiger partial charge in [0.25, 0.3) is 0 Å². The minimum Gasteiger partial charge on any atom is -0.481 e. The van der Waals surface area contributed by atoms with E-state index in [9.17, 15) is 9.18 Å². The summed E-state index contributed by atoms with van der Waals surface area (Å²) in [6.07, 6.45) is 0. The molecule has 3 N–H and O–H groups in total. The number of rotatable bonds is 2. The Balaban J connectivity index is 2.65. The molecule has 0 amide bonds. The van der Waals surface area contributed by atoms with Crippen LogP contribution < -0.4 is 5.73 Å². The zero-order chi connectivity index (χ0) is 12.6. The van der Waals surface area contributed by atoms with Gasteiger partial charge >= 0.3 is 5.97 Å². The first-order valence-electron chi connectivity index (χ1n) is 4.94. The van der Waals surface area contributed by atoms with Gasteiger partial charge in [-0.1, -0.05) is 0 Å². The van der Waals surface area contributed by atoms with Crippen LogP contribution in [0.25, 0.3) is 10.9 Å². The van der Waals surface area contributed by atoms with Crippen LogP contribution in [0.3, 0.4) is 0 Å². The van der Waals surface area contributed by atoms with Crippen molar-refractivity contribution in [1.82, 2.24) is 9.97 Å². The Morgan fingerprint density at radius 2 is 2.18 bits per heavy atom. The fourth-order valence-electron chi connectivity index (χ4n) is 1.45. The number of halogens is 1. The van der Waals surface area contributed by atoms with Gasteiger partial charge in [-0.15, -0.1) is 0 Å². The molecule has 5 nitrogen and oxygen atoms in total. The Hall–Kier alpha value is -2.24. The van der Waals surface area contributed by atoms with Gasteiger partial charge in [0.1, 0.15) is 23.4 Å². The maximum Gasteiger partial charge on any atom is 0.313 e. The largest absolute Gasteiger partial charge is 0.481 e. The van der Waals surface area contributed by atoms with Crippen molar-refractivity contribution in [2.24, 2.45) is 0 Å². The number of carboxylic acids is 1. The average molecular weight is 235 g/mol. The summed E-state index contributed by atoms with van der Waals surface area (Å²) in [5.41, 5.74) is 5.98. The number of nitrogens with zero attached hydrogens (tertiary/aromatic N) is 2. The number of anilines is 1. The molecular weight excluding hydrogens is 225 g/mol. The van der Waals surface area contributed by atoms with Crippen molar-refractivity contribution < 1.29 is 14.3 Å². The second-order valence-electron chi connectivity index (χ2n) is 3.69. The lowest BCUT2D eigenvalue weighted by Gasteiger charge is -2.08. The minimum absolute atomic E-state index is 0.0769. The van der Waals surface area contributed by atoms with Crippen molar-refractivity contribution in [3.63, 3.8) is 0 Å². The van der Waals surface area contributed by atoms with E-state index in [2.05, 4.69) is 9.97 Å². The van der Waals surface area contributed by atoms with Crippen molar-refractivity contribution in [1.29, 1.82) is 0 Å². The van der Waals surface area contributed by atoms with E-state index in [1.54, 1.807) is 0 Å². The van der Waals surface area contributed by atoms with E-state index < -0.39 is 17.7 Å². The third-order valence-corrected chi connectivity index (χ3v) is 2.46. The molecule has 1 unspecified atom stereocenters. The molecule has 1 atom stereocenters. The lowest BCUT2D eigenvalue weighted by atomic mass is 10.1. The zero-order valence-electron chi connectivity index (χ0n) is 9.01. The third kappa shape index (κ3) is 2.01. The van der Waals surface area contributed by atoms with E-state index >= 15 is 0 Å². The summed E-state index contributed by atoms with van der Waals surface area (Å²) < 4.78 is 13.0. The van der Waals surface area contributed by atoms with Crippen molar-refractivity contribution in [2.75, 3.05) is 5.73 Å². The number of aliphatic carboxylic acids is 1. The first kappa shape index (κ1) is 11.3. The summed E-state index contributed by atoms with van der Waals surface area (Å²) in [6, 6.07) is 3.92. The summed E-state index contributed by atoms with van der Waals surface area (Å²) in [4.78, 5) is 18.7. The molecule has 6 heteroatoms. The number of benzene rings is 1. The molecule has 0 aliphatic carbocycles. The number of fused-ring (bicyclic) bond motifs is 1. The molecule has 0 aliphatic heterocycles. The van der Waals surface area contributed by atoms with Crippen LogP contribution in [0.15, 0.2) is 18.2 Å². The Bertz CT molecular complexity index is 601. The molecule has 0 aliphatic rings. The predicted molar refractivity (Wildman–Crippen MR) is 60.0 cm³/mol. The number of hydrogen-bond acceptors (Lipinski definition) is 4. The topological polar surface area (TPSA) is 89.1 Å². The number of hydrogen-bond donors (Lipinski definition) is 2. The highest BCUT2D eigenvalue weighted by Crippen LogP contribution is 2.21. The Morgan fingerprint density at radius 3 is 2.82 bits per heavy atom. The summed E-state index contributed by atoms with van der Waals surface area (Å²) in [6.45, 7) is 1.45. The highest BCUT2D eigenvalue weighted by atomic mass is 19.1. The van der Waals surface area contributed by atoms with Crippen molar-refractivity contribution in [3.05, 3.63) is 29.8 Å². The van der Waals surface area contributed by atoms with Gasteiger partial charge in [0.05, 0.1) is 5.52 Å². The zero-order valence-corrected chi connectivity index (χ0v) is 9.01. The van der Waals surface area contributed by atoms with Gasteiger partial charge in [0.2, 0.25) is 0 Å². The van der Waals surface area contributed by atoms with Gasteiger partial charge in [-0.05, 0) is 19.1 Å². The highest BCUT2D eigenvalue weighted by molar-refractivity contribution is 5.88. The molecule has 88 valence electrons. The van der Waals surface area contributed by atoms with Gasteiger partial charge in [0.15, 0.2) is 0 Å². The fourth-order valence-corrected chi connectivity index (χ4v) is 1.45. The first-order valence-corrected chi connectivity index (χ1v) is 4.94. The average Bonchev–Trinajstić information content (AvgIpc) is 2.27. The maximum absolute atomic E-state index is 13.0. The number of nitrogens with two attached hydrogens (primary N) is 1. The van der Waals surface area contributed by atoms with Gasteiger partial charge in [-0.25, -0.2) is 14.4 Å². The Kier molecular flexibility index (Phi) is 2.63. The number of aromatic nitrogens is 2. The summed E-state index contributed by atoms with van der Waals surface area (Å²) in [5, 5.41) is 9.37. The molecule has 1 aromatic heterocycles. The van der Waals surface area contributed by atoms with Gasteiger partial charge in [-0.3, -0.25) is 4.79 Å². The van der Waals surface area contributed by atoms with Crippen LogP contribution in [0.4, 0.5) is 10.2 Å². The molecular formula is C11H10FN3O2. The van der Waals surface area contributed by atoms with Crippen LogP contribution in [0.5, 0.6) is 0 Å². The molecule has 1 aromatic carbocycles. The van der Waals surface area contributed by atoms with Crippen molar-refractivity contribution >= 4 is 22.7 Å². The first-order chi connectivity index (χ1) is 7.99. The minimum atomic E-state index is -1.06. The lowest BCUT2D eigenvalue weighted by Crippen LogP contribution is -2.12. The quantitative estimate of drug-likeness (QED) is 0.824. The van der Waals surface area contributed by atoms with Gasteiger partial charge in [0, 0.05) is 11.5 Å². The highest BCUT2D eigenvalue weighted by Gasteiger charge is 2.18. The lowest BCUT2D eigenvalue weighted by molar-refractivity contribution is -0.138. The van der Waals surface area contributed by atoms with Crippen LogP contribution in [-0.4, -0.2) is 21.0 Å². The van der Waals surface area contributed by atoms with Crippen LogP contribution in [0.1, 0.15) is 18.7 Å². The molecule has 0 radical (unpaired) electrons. The van der Waals surface area contributed by atoms with Gasteiger partial charge < -0.3 is 10.8 Å². The van der Waals surface area contributed by atoms with Gasteiger partial charge in [-0.2, -0.15) is 0 Å². The standard InChI is InChI=1S/C11H10FN3O2/c1-5(11(16)17)10-14-8-4-6(12)2-3-7(8)9(13)15-10/h2-5H,1H3,(H,16,17)(H2,13,14,15). The maximum atomic E-state index is 13.0. The summed E-state index contributed by atoms with van der Waals surface area (Å²) in [5.74, 6) is -2.17. The SMILES string of the molecule is CC(C(=O)O)c1nc(N)c2ccc(F)cc2n1. The number of nitrogen functional groups attached to an aromatic ring is 1. The van der Waals surface area contributed by atoms with E-state index in [0.29, 0.717) is 10.9 Å². The monoisotopic (exact) mass is 235 g/mol. The summed E-state index contributed by atoms with van der Waals surface area (Å²) >= 11 is 0. The van der Waals surface area contributed by atoms with E-state index in [4.69, 9.17) is 10.8 Å². The number of carbonyl (C=O) groups is 1. The molecule has 0 fully saturated rings. The Labute approximate surface area is 96.1 Å². The molecule has 0 spiro atoms. The Morgan fingerprint density at radius 1 is 1.47 bits per heavy atom. The van der Waals surface area contributed by atoms with E-state index in [0.717, 1.165) is 0 Å². The van der Waals surface area contributed by atoms with E-state index in [1.807, 2.05) is 0 Å². The smallest absolute Gasteiger partial charge is 0.313 e. The van der Waals surface area contributed by atoms with Crippen LogP contribution in [-0.2, 0) is 4.79 Å². The second kappa shape index (κ2) is 3.97. The third-order valence-electron chi connectivity index (χ3n) is 2.46. The molecule has 0 saturated heterocycles. The molecule has 2 rings (SSSR count). The van der Waals surface area contributed by atoms with E-state index in [-0.39, 0.29) is 11.6 Å².